The van der Waals surface area contributed by atoms with Crippen LogP contribution in [0, 0.1) is 0 Å². The highest BCUT2D eigenvalue weighted by Crippen LogP contribution is 2.40. The number of aromatic nitrogens is 1. The zero-order valence-corrected chi connectivity index (χ0v) is 11.3. The van der Waals surface area contributed by atoms with Gasteiger partial charge in [-0.15, -0.1) is 0 Å². The Morgan fingerprint density at radius 3 is 1.75 bits per heavy atom. The van der Waals surface area contributed by atoms with Crippen LogP contribution in [-0.4, -0.2) is 4.98 Å². The standard InChI is InChI=1S/C14H6F9N/c15-12(16,17)8-3-1-2-7(4-8)10-5-9(13(18,19)20)6-24-11(10)14(21,22)23/h1-6H. The van der Waals surface area contributed by atoms with Crippen molar-refractivity contribution in [2.75, 3.05) is 0 Å². The summed E-state index contributed by atoms with van der Waals surface area (Å²) >= 11 is 0. The number of hydrogen-bond acceptors (Lipinski definition) is 1. The Labute approximate surface area is 128 Å². The molecule has 0 saturated carbocycles. The minimum Gasteiger partial charge on any atom is -0.251 e. The highest BCUT2D eigenvalue weighted by molar-refractivity contribution is 5.68. The fraction of sp³-hybridized carbons (Fsp3) is 0.214. The Bertz CT molecular complexity index is 741. The molecule has 0 saturated heterocycles. The van der Waals surface area contributed by atoms with E-state index in [2.05, 4.69) is 4.98 Å². The molecule has 0 fully saturated rings. The summed E-state index contributed by atoms with van der Waals surface area (Å²) in [6, 6.07) is 2.72. The monoisotopic (exact) mass is 359 g/mol. The molecule has 0 aliphatic rings. The van der Waals surface area contributed by atoms with E-state index >= 15 is 0 Å². The van der Waals surface area contributed by atoms with E-state index in [1.165, 1.54) is 0 Å². The summed E-state index contributed by atoms with van der Waals surface area (Å²) in [5.41, 5.74) is -6.23. The Morgan fingerprint density at radius 2 is 1.25 bits per heavy atom. The van der Waals surface area contributed by atoms with Crippen molar-refractivity contribution in [2.24, 2.45) is 0 Å². The van der Waals surface area contributed by atoms with Crippen molar-refractivity contribution >= 4 is 0 Å². The second-order valence-electron chi connectivity index (χ2n) is 4.69. The van der Waals surface area contributed by atoms with E-state index in [0.717, 1.165) is 12.1 Å². The third-order valence-corrected chi connectivity index (χ3v) is 2.98. The first-order chi connectivity index (χ1) is 10.8. The molecular weight excluding hydrogens is 353 g/mol. The van der Waals surface area contributed by atoms with Gasteiger partial charge in [-0.05, 0) is 23.8 Å². The van der Waals surface area contributed by atoms with Crippen LogP contribution in [0.25, 0.3) is 11.1 Å². The molecule has 130 valence electrons. The predicted molar refractivity (Wildman–Crippen MR) is 64.7 cm³/mol. The average molecular weight is 359 g/mol. The summed E-state index contributed by atoms with van der Waals surface area (Å²) in [5, 5.41) is 0. The molecule has 24 heavy (non-hydrogen) atoms. The summed E-state index contributed by atoms with van der Waals surface area (Å²) in [7, 11) is 0. The van der Waals surface area contributed by atoms with Gasteiger partial charge >= 0.3 is 18.5 Å². The van der Waals surface area contributed by atoms with E-state index in [-0.39, 0.29) is 12.3 Å². The van der Waals surface area contributed by atoms with Crippen LogP contribution in [0.15, 0.2) is 36.5 Å². The van der Waals surface area contributed by atoms with E-state index in [1.807, 2.05) is 0 Å². The topological polar surface area (TPSA) is 12.9 Å². The van der Waals surface area contributed by atoms with Gasteiger partial charge in [0, 0.05) is 11.8 Å². The quantitative estimate of drug-likeness (QED) is 0.586. The fourth-order valence-electron chi connectivity index (χ4n) is 1.93. The van der Waals surface area contributed by atoms with Crippen LogP contribution in [0.5, 0.6) is 0 Å². The van der Waals surface area contributed by atoms with E-state index in [1.54, 1.807) is 0 Å². The SMILES string of the molecule is FC(F)(F)c1cccc(-c2cc(C(F)(F)F)cnc2C(F)(F)F)c1. The smallest absolute Gasteiger partial charge is 0.251 e. The van der Waals surface area contributed by atoms with Gasteiger partial charge in [-0.3, -0.25) is 4.98 Å². The number of benzene rings is 1. The van der Waals surface area contributed by atoms with Gasteiger partial charge in [-0.25, -0.2) is 0 Å². The maximum Gasteiger partial charge on any atom is 0.433 e. The van der Waals surface area contributed by atoms with Gasteiger partial charge in [0.1, 0.15) is 0 Å². The molecule has 0 aliphatic heterocycles. The maximum absolute atomic E-state index is 12.9. The third kappa shape index (κ3) is 3.80. The van der Waals surface area contributed by atoms with Gasteiger partial charge < -0.3 is 0 Å². The lowest BCUT2D eigenvalue weighted by molar-refractivity contribution is -0.143. The number of alkyl halides is 9. The van der Waals surface area contributed by atoms with Crippen LogP contribution < -0.4 is 0 Å². The molecular formula is C14H6F9N. The second-order valence-corrected chi connectivity index (χ2v) is 4.69. The number of nitrogens with zero attached hydrogens (tertiary/aromatic N) is 1. The van der Waals surface area contributed by atoms with Crippen LogP contribution in [0.2, 0.25) is 0 Å². The van der Waals surface area contributed by atoms with Crippen LogP contribution >= 0.6 is 0 Å². The molecule has 0 spiro atoms. The van der Waals surface area contributed by atoms with Crippen LogP contribution in [0.3, 0.4) is 0 Å². The van der Waals surface area contributed by atoms with Gasteiger partial charge in [0.25, 0.3) is 0 Å². The first kappa shape index (κ1) is 18.1. The molecule has 1 aromatic heterocycles. The Kier molecular flexibility index (Phi) is 4.28. The maximum atomic E-state index is 12.9. The largest absolute Gasteiger partial charge is 0.433 e. The average Bonchev–Trinajstić information content (AvgIpc) is 2.44. The zero-order valence-electron chi connectivity index (χ0n) is 11.3. The zero-order chi connectivity index (χ0) is 18.3. The molecule has 0 aliphatic carbocycles. The van der Waals surface area contributed by atoms with Gasteiger partial charge in [0.2, 0.25) is 0 Å². The Hall–Kier alpha value is -2.26. The molecule has 0 unspecified atom stereocenters. The van der Waals surface area contributed by atoms with Gasteiger partial charge in [0.05, 0.1) is 11.1 Å². The van der Waals surface area contributed by atoms with Crippen molar-refractivity contribution in [1.29, 1.82) is 0 Å². The molecule has 0 atom stereocenters. The summed E-state index contributed by atoms with van der Waals surface area (Å²) in [6.45, 7) is 0. The minimum absolute atomic E-state index is 0.0140. The minimum atomic E-state index is -5.13. The lowest BCUT2D eigenvalue weighted by Crippen LogP contribution is -2.14. The van der Waals surface area contributed by atoms with E-state index in [4.69, 9.17) is 0 Å². The molecule has 2 rings (SSSR count). The predicted octanol–water partition coefficient (Wildman–Crippen LogP) is 5.81. The van der Waals surface area contributed by atoms with Crippen molar-refractivity contribution in [3.8, 4) is 11.1 Å². The van der Waals surface area contributed by atoms with Crippen LogP contribution in [0.1, 0.15) is 16.8 Å². The summed E-state index contributed by atoms with van der Waals surface area (Å²) in [5.74, 6) is 0. The van der Waals surface area contributed by atoms with E-state index in [9.17, 15) is 39.5 Å². The third-order valence-electron chi connectivity index (χ3n) is 2.98. The first-order valence-electron chi connectivity index (χ1n) is 6.12. The molecule has 2 aromatic rings. The van der Waals surface area contributed by atoms with Gasteiger partial charge in [-0.2, -0.15) is 39.5 Å². The molecule has 1 nitrogen and oxygen atoms in total. The summed E-state index contributed by atoms with van der Waals surface area (Å²) in [4.78, 5) is 2.76. The summed E-state index contributed by atoms with van der Waals surface area (Å²) < 4.78 is 115. The van der Waals surface area contributed by atoms with Crippen LogP contribution in [0.4, 0.5) is 39.5 Å². The molecule has 10 heteroatoms. The number of pyridine rings is 1. The molecule has 1 aromatic carbocycles. The summed E-state index contributed by atoms with van der Waals surface area (Å²) in [6.07, 6.45) is -15.0. The van der Waals surface area contributed by atoms with E-state index in [0.29, 0.717) is 12.1 Å². The van der Waals surface area contributed by atoms with Crippen molar-refractivity contribution in [2.45, 2.75) is 18.5 Å². The number of halogens is 9. The molecule has 0 amide bonds. The number of rotatable bonds is 1. The van der Waals surface area contributed by atoms with Crippen molar-refractivity contribution in [3.63, 3.8) is 0 Å². The fourth-order valence-corrected chi connectivity index (χ4v) is 1.93. The lowest BCUT2D eigenvalue weighted by atomic mass is 9.99. The van der Waals surface area contributed by atoms with Crippen LogP contribution in [-0.2, 0) is 18.5 Å². The highest BCUT2D eigenvalue weighted by Gasteiger charge is 2.39. The van der Waals surface area contributed by atoms with Gasteiger partial charge in [0.15, 0.2) is 5.69 Å². The van der Waals surface area contributed by atoms with Crippen molar-refractivity contribution in [3.05, 3.63) is 53.3 Å². The van der Waals surface area contributed by atoms with Crippen molar-refractivity contribution in [1.82, 2.24) is 4.98 Å². The molecule has 0 N–H and O–H groups in total. The molecule has 0 bridgehead atoms. The first-order valence-corrected chi connectivity index (χ1v) is 6.12. The second kappa shape index (κ2) is 5.67. The van der Waals surface area contributed by atoms with Gasteiger partial charge in [-0.1, -0.05) is 12.1 Å². The Balaban J connectivity index is 2.71. The van der Waals surface area contributed by atoms with Crippen molar-refractivity contribution < 1.29 is 39.5 Å². The normalized spacial score (nSPS) is 13.2. The lowest BCUT2D eigenvalue weighted by Gasteiger charge is -2.16. The highest BCUT2D eigenvalue weighted by atomic mass is 19.4. The van der Waals surface area contributed by atoms with E-state index < -0.39 is 46.5 Å². The molecule has 0 radical (unpaired) electrons. The Morgan fingerprint density at radius 1 is 0.667 bits per heavy atom. The molecule has 1 heterocycles. The number of hydrogen-bond donors (Lipinski definition) is 0.